The maximum atomic E-state index is 11.1. The second-order valence-corrected chi connectivity index (χ2v) is 5.99. The van der Waals surface area contributed by atoms with Crippen molar-refractivity contribution >= 4 is 27.3 Å². The van der Waals surface area contributed by atoms with Crippen molar-refractivity contribution in [3.05, 3.63) is 32.8 Å². The Morgan fingerprint density at radius 3 is 2.63 bits per heavy atom. The number of nitro groups is 1. The Bertz CT molecular complexity index is 471. The molecule has 0 aliphatic carbocycles. The van der Waals surface area contributed by atoms with E-state index in [1.54, 1.807) is 6.07 Å². The Morgan fingerprint density at radius 2 is 2.11 bits per heavy atom. The summed E-state index contributed by atoms with van der Waals surface area (Å²) in [7, 11) is 0. The van der Waals surface area contributed by atoms with Crippen molar-refractivity contribution < 1.29 is 4.92 Å². The molecule has 1 heterocycles. The molecule has 2 rings (SSSR count). The average Bonchev–Trinajstić information content (AvgIpc) is 2.38. The van der Waals surface area contributed by atoms with E-state index < -0.39 is 0 Å². The quantitative estimate of drug-likeness (QED) is 0.684. The number of nitrogens with zero attached hydrogens (tertiary/aromatic N) is 2. The van der Waals surface area contributed by atoms with Gasteiger partial charge in [-0.1, -0.05) is 15.9 Å². The predicted octanol–water partition coefficient (Wildman–Crippen LogP) is 2.92. The van der Waals surface area contributed by atoms with Crippen LogP contribution in [0.15, 0.2) is 22.7 Å². The van der Waals surface area contributed by atoms with Crippen LogP contribution in [0, 0.1) is 16.0 Å². The van der Waals surface area contributed by atoms with Crippen molar-refractivity contribution in [1.82, 2.24) is 0 Å². The van der Waals surface area contributed by atoms with Gasteiger partial charge in [-0.3, -0.25) is 10.1 Å². The summed E-state index contributed by atoms with van der Waals surface area (Å²) in [6, 6.07) is 5.42. The third-order valence-corrected chi connectivity index (χ3v) is 4.25. The lowest BCUT2D eigenvalue weighted by Crippen LogP contribution is -2.39. The third kappa shape index (κ3) is 3.25. The van der Waals surface area contributed by atoms with Crippen molar-refractivity contribution in [3.63, 3.8) is 0 Å². The van der Waals surface area contributed by atoms with E-state index in [0.29, 0.717) is 11.6 Å². The maximum Gasteiger partial charge on any atom is 0.293 e. The molecule has 0 bridgehead atoms. The van der Waals surface area contributed by atoms with Gasteiger partial charge in [-0.15, -0.1) is 0 Å². The zero-order valence-corrected chi connectivity index (χ0v) is 12.5. The summed E-state index contributed by atoms with van der Waals surface area (Å²) in [5.74, 6) is 0.519. The van der Waals surface area contributed by atoms with E-state index in [0.717, 1.165) is 30.4 Å². The standard InChI is InChI=1S/C13H18BrN3O2/c1-9(15)10-4-6-16(7-5-10)12-3-2-11(14)8-13(12)17(18)19/h2-3,8-10H,4-7,15H2,1H3. The van der Waals surface area contributed by atoms with Gasteiger partial charge in [-0.05, 0) is 37.8 Å². The first-order chi connectivity index (χ1) is 8.99. The van der Waals surface area contributed by atoms with Crippen molar-refractivity contribution in [2.24, 2.45) is 11.7 Å². The van der Waals surface area contributed by atoms with Crippen LogP contribution in [0.25, 0.3) is 0 Å². The summed E-state index contributed by atoms with van der Waals surface area (Å²) < 4.78 is 0.730. The zero-order chi connectivity index (χ0) is 14.0. The topological polar surface area (TPSA) is 72.4 Å². The number of rotatable bonds is 3. The van der Waals surface area contributed by atoms with E-state index in [4.69, 9.17) is 5.73 Å². The summed E-state index contributed by atoms with van der Waals surface area (Å²) in [6.07, 6.45) is 1.98. The number of piperidine rings is 1. The lowest BCUT2D eigenvalue weighted by Gasteiger charge is -2.34. The Kier molecular flexibility index (Phi) is 4.42. The second-order valence-electron chi connectivity index (χ2n) is 5.07. The highest BCUT2D eigenvalue weighted by Gasteiger charge is 2.26. The maximum absolute atomic E-state index is 11.1. The second kappa shape index (κ2) is 5.88. The van der Waals surface area contributed by atoms with Crippen LogP contribution < -0.4 is 10.6 Å². The fourth-order valence-corrected chi connectivity index (χ4v) is 2.93. The summed E-state index contributed by atoms with van der Waals surface area (Å²) in [6.45, 7) is 3.69. The lowest BCUT2D eigenvalue weighted by molar-refractivity contribution is -0.384. The van der Waals surface area contributed by atoms with Gasteiger partial charge >= 0.3 is 0 Å². The van der Waals surface area contributed by atoms with Crippen LogP contribution in [-0.2, 0) is 0 Å². The SMILES string of the molecule is CC(N)C1CCN(c2ccc(Br)cc2[N+](=O)[O-])CC1. The first-order valence-electron chi connectivity index (χ1n) is 6.43. The van der Waals surface area contributed by atoms with E-state index in [9.17, 15) is 10.1 Å². The number of hydrogen-bond donors (Lipinski definition) is 1. The molecule has 1 aromatic rings. The summed E-state index contributed by atoms with van der Waals surface area (Å²) in [4.78, 5) is 12.9. The molecule has 1 unspecified atom stereocenters. The molecule has 6 heteroatoms. The third-order valence-electron chi connectivity index (χ3n) is 3.76. The number of benzene rings is 1. The van der Waals surface area contributed by atoms with E-state index in [2.05, 4.69) is 20.8 Å². The molecule has 1 saturated heterocycles. The van der Waals surface area contributed by atoms with Crippen LogP contribution in [0.3, 0.4) is 0 Å². The van der Waals surface area contributed by atoms with E-state index in [-0.39, 0.29) is 16.7 Å². The van der Waals surface area contributed by atoms with E-state index in [1.807, 2.05) is 19.1 Å². The number of halogens is 1. The smallest absolute Gasteiger partial charge is 0.293 e. The highest BCUT2D eigenvalue weighted by atomic mass is 79.9. The summed E-state index contributed by atoms with van der Waals surface area (Å²) >= 11 is 3.28. The number of nitrogens with two attached hydrogens (primary N) is 1. The molecule has 0 radical (unpaired) electrons. The Labute approximate surface area is 121 Å². The molecule has 1 aromatic carbocycles. The molecule has 0 spiro atoms. The zero-order valence-electron chi connectivity index (χ0n) is 10.9. The monoisotopic (exact) mass is 327 g/mol. The van der Waals surface area contributed by atoms with Crippen LogP contribution in [0.1, 0.15) is 19.8 Å². The van der Waals surface area contributed by atoms with Gasteiger partial charge in [0.2, 0.25) is 0 Å². The molecule has 0 aromatic heterocycles. The van der Waals surface area contributed by atoms with Gasteiger partial charge in [-0.25, -0.2) is 0 Å². The minimum absolute atomic E-state index is 0.161. The highest BCUT2D eigenvalue weighted by Crippen LogP contribution is 2.33. The molecule has 104 valence electrons. The van der Waals surface area contributed by atoms with E-state index >= 15 is 0 Å². The summed E-state index contributed by atoms with van der Waals surface area (Å²) in [5.41, 5.74) is 6.78. The van der Waals surface area contributed by atoms with Gasteiger partial charge in [0.1, 0.15) is 5.69 Å². The normalized spacial score (nSPS) is 18.4. The molecule has 1 aliphatic rings. The largest absolute Gasteiger partial charge is 0.366 e. The predicted molar refractivity (Wildman–Crippen MR) is 79.4 cm³/mol. The van der Waals surface area contributed by atoms with E-state index in [1.165, 1.54) is 0 Å². The van der Waals surface area contributed by atoms with Gasteiger partial charge in [0.25, 0.3) is 5.69 Å². The summed E-state index contributed by atoms with van der Waals surface area (Å²) in [5, 5.41) is 11.1. The first kappa shape index (κ1) is 14.3. The van der Waals surface area contributed by atoms with Crippen molar-refractivity contribution in [2.75, 3.05) is 18.0 Å². The Morgan fingerprint density at radius 1 is 1.47 bits per heavy atom. The van der Waals surface area contributed by atoms with Crippen LogP contribution in [0.4, 0.5) is 11.4 Å². The average molecular weight is 328 g/mol. The van der Waals surface area contributed by atoms with Gasteiger partial charge < -0.3 is 10.6 Å². The number of hydrogen-bond acceptors (Lipinski definition) is 4. The lowest BCUT2D eigenvalue weighted by atomic mass is 9.90. The molecule has 2 N–H and O–H groups in total. The van der Waals surface area contributed by atoms with Crippen LogP contribution >= 0.6 is 15.9 Å². The number of nitro benzene ring substituents is 1. The van der Waals surface area contributed by atoms with Crippen LogP contribution in [0.2, 0.25) is 0 Å². The fourth-order valence-electron chi connectivity index (χ4n) is 2.58. The Balaban J connectivity index is 2.17. The van der Waals surface area contributed by atoms with Gasteiger partial charge in [-0.2, -0.15) is 0 Å². The molecular weight excluding hydrogens is 310 g/mol. The van der Waals surface area contributed by atoms with Gasteiger partial charge in [0.15, 0.2) is 0 Å². The van der Waals surface area contributed by atoms with Crippen molar-refractivity contribution in [3.8, 4) is 0 Å². The molecule has 5 nitrogen and oxygen atoms in total. The first-order valence-corrected chi connectivity index (χ1v) is 7.23. The molecule has 0 saturated carbocycles. The molecule has 1 fully saturated rings. The van der Waals surface area contributed by atoms with Crippen LogP contribution in [0.5, 0.6) is 0 Å². The fraction of sp³-hybridized carbons (Fsp3) is 0.538. The minimum Gasteiger partial charge on any atom is -0.366 e. The highest BCUT2D eigenvalue weighted by molar-refractivity contribution is 9.10. The minimum atomic E-state index is -0.322. The van der Waals surface area contributed by atoms with Crippen molar-refractivity contribution in [1.29, 1.82) is 0 Å². The van der Waals surface area contributed by atoms with Gasteiger partial charge in [0, 0.05) is 29.7 Å². The molecule has 0 amide bonds. The number of anilines is 1. The molecule has 1 atom stereocenters. The molecular formula is C13H18BrN3O2. The molecule has 1 aliphatic heterocycles. The van der Waals surface area contributed by atoms with Gasteiger partial charge in [0.05, 0.1) is 4.92 Å². The van der Waals surface area contributed by atoms with Crippen LogP contribution in [-0.4, -0.2) is 24.1 Å². The Hall–Kier alpha value is -1.14. The van der Waals surface area contributed by atoms with Crippen molar-refractivity contribution in [2.45, 2.75) is 25.8 Å². The molecule has 19 heavy (non-hydrogen) atoms.